The Bertz CT molecular complexity index is 552. The molecule has 0 amide bonds. The summed E-state index contributed by atoms with van der Waals surface area (Å²) in [5, 5.41) is 0. The molecule has 0 heterocycles. The number of halogens is 1. The van der Waals surface area contributed by atoms with E-state index in [0.29, 0.717) is 11.8 Å². The van der Waals surface area contributed by atoms with Gasteiger partial charge in [0.25, 0.3) is 0 Å². The van der Waals surface area contributed by atoms with Crippen molar-refractivity contribution < 1.29 is 9.18 Å². The fourth-order valence-electron chi connectivity index (χ4n) is 1.53. The minimum absolute atomic E-state index is 0.361. The number of benzene rings is 2. The Morgan fingerprint density at radius 2 is 1.94 bits per heavy atom. The predicted molar refractivity (Wildman–Crippen MR) is 67.1 cm³/mol. The van der Waals surface area contributed by atoms with Crippen LogP contribution in [0, 0.1) is 12.7 Å². The molecule has 17 heavy (non-hydrogen) atoms. The summed E-state index contributed by atoms with van der Waals surface area (Å²) in [6.45, 7) is 2.01. The fraction of sp³-hybridized carbons (Fsp3) is 0.0714. The average molecular weight is 246 g/mol. The molecule has 0 bridgehead atoms. The van der Waals surface area contributed by atoms with Crippen molar-refractivity contribution in [1.82, 2.24) is 0 Å². The predicted octanol–water partition coefficient (Wildman–Crippen LogP) is 4.10. The topological polar surface area (TPSA) is 17.1 Å². The summed E-state index contributed by atoms with van der Waals surface area (Å²) in [6, 6.07) is 12.3. The number of hydrogen-bond donors (Lipinski definition) is 0. The SMILES string of the molecule is Cc1cccc(Sc2cc(F)cc(C=O)c2)c1. The number of carbonyl (C=O) groups excluding carboxylic acids is 1. The Morgan fingerprint density at radius 3 is 2.65 bits per heavy atom. The molecule has 86 valence electrons. The van der Waals surface area contributed by atoms with Gasteiger partial charge in [-0.3, -0.25) is 4.79 Å². The zero-order chi connectivity index (χ0) is 12.3. The molecule has 3 heteroatoms. The zero-order valence-corrected chi connectivity index (χ0v) is 10.1. The molecule has 0 fully saturated rings. The molecule has 1 nitrogen and oxygen atoms in total. The van der Waals surface area contributed by atoms with E-state index in [1.54, 1.807) is 6.07 Å². The van der Waals surface area contributed by atoms with Crippen LogP contribution in [0.15, 0.2) is 52.3 Å². The van der Waals surface area contributed by atoms with Gasteiger partial charge in [-0.25, -0.2) is 4.39 Å². The number of hydrogen-bond acceptors (Lipinski definition) is 2. The minimum atomic E-state index is -0.384. The fourth-order valence-corrected chi connectivity index (χ4v) is 2.56. The maximum atomic E-state index is 13.2. The molecule has 0 radical (unpaired) electrons. The van der Waals surface area contributed by atoms with E-state index in [1.165, 1.54) is 23.9 Å². The quantitative estimate of drug-likeness (QED) is 0.758. The molecule has 0 unspecified atom stereocenters. The first kappa shape index (κ1) is 11.9. The Balaban J connectivity index is 2.29. The van der Waals surface area contributed by atoms with Crippen LogP contribution in [0.5, 0.6) is 0 Å². The largest absolute Gasteiger partial charge is 0.298 e. The Labute approximate surface area is 104 Å². The van der Waals surface area contributed by atoms with Crippen molar-refractivity contribution in [2.75, 3.05) is 0 Å². The van der Waals surface area contributed by atoms with Gasteiger partial charge in [-0.15, -0.1) is 0 Å². The lowest BCUT2D eigenvalue weighted by Gasteiger charge is -2.03. The molecule has 0 aliphatic carbocycles. The van der Waals surface area contributed by atoms with Crippen molar-refractivity contribution in [3.05, 3.63) is 59.4 Å². The van der Waals surface area contributed by atoms with E-state index in [0.717, 1.165) is 15.4 Å². The molecule has 0 saturated carbocycles. The third kappa shape index (κ3) is 3.17. The zero-order valence-electron chi connectivity index (χ0n) is 9.31. The molecule has 0 atom stereocenters. The summed E-state index contributed by atoms with van der Waals surface area (Å²) < 4.78 is 13.2. The molecular weight excluding hydrogens is 235 g/mol. The van der Waals surface area contributed by atoms with Crippen LogP contribution in [0.4, 0.5) is 4.39 Å². The van der Waals surface area contributed by atoms with Crippen molar-refractivity contribution in [2.45, 2.75) is 16.7 Å². The van der Waals surface area contributed by atoms with Gasteiger partial charge in [0.15, 0.2) is 0 Å². The standard InChI is InChI=1S/C14H11FOS/c1-10-3-2-4-13(5-10)17-14-7-11(9-16)6-12(15)8-14/h2-9H,1H3. The number of aldehydes is 1. The van der Waals surface area contributed by atoms with E-state index in [4.69, 9.17) is 0 Å². The molecule has 2 aromatic rings. The van der Waals surface area contributed by atoms with Crippen molar-refractivity contribution in [1.29, 1.82) is 0 Å². The van der Waals surface area contributed by atoms with Gasteiger partial charge in [-0.05, 0) is 37.3 Å². The second-order valence-electron chi connectivity index (χ2n) is 3.76. The van der Waals surface area contributed by atoms with Crippen molar-refractivity contribution in [3.8, 4) is 0 Å². The van der Waals surface area contributed by atoms with Crippen LogP contribution in [0.1, 0.15) is 15.9 Å². The van der Waals surface area contributed by atoms with Crippen molar-refractivity contribution in [3.63, 3.8) is 0 Å². The summed E-state index contributed by atoms with van der Waals surface area (Å²) in [5.41, 5.74) is 1.52. The van der Waals surface area contributed by atoms with Crippen LogP contribution >= 0.6 is 11.8 Å². The van der Waals surface area contributed by atoms with E-state index in [9.17, 15) is 9.18 Å². The molecular formula is C14H11FOS. The van der Waals surface area contributed by atoms with Crippen LogP contribution in [-0.2, 0) is 0 Å². The number of rotatable bonds is 3. The third-order valence-corrected chi connectivity index (χ3v) is 3.22. The van der Waals surface area contributed by atoms with Crippen LogP contribution in [-0.4, -0.2) is 6.29 Å². The highest BCUT2D eigenvalue weighted by Crippen LogP contribution is 2.29. The Kier molecular flexibility index (Phi) is 3.59. The van der Waals surface area contributed by atoms with Crippen LogP contribution in [0.25, 0.3) is 0 Å². The summed E-state index contributed by atoms with van der Waals surface area (Å²) in [7, 11) is 0. The summed E-state index contributed by atoms with van der Waals surface area (Å²) in [5.74, 6) is -0.384. The molecule has 0 saturated heterocycles. The lowest BCUT2D eigenvalue weighted by atomic mass is 10.2. The molecule has 0 spiro atoms. The molecule has 2 rings (SSSR count). The minimum Gasteiger partial charge on any atom is -0.298 e. The second kappa shape index (κ2) is 5.15. The van der Waals surface area contributed by atoms with Gasteiger partial charge in [0.05, 0.1) is 0 Å². The number of carbonyl (C=O) groups is 1. The van der Waals surface area contributed by atoms with Crippen molar-refractivity contribution in [2.24, 2.45) is 0 Å². The van der Waals surface area contributed by atoms with Gasteiger partial charge in [-0.2, -0.15) is 0 Å². The highest BCUT2D eigenvalue weighted by atomic mass is 32.2. The molecule has 0 N–H and O–H groups in total. The van der Waals surface area contributed by atoms with Gasteiger partial charge in [0.1, 0.15) is 12.1 Å². The van der Waals surface area contributed by atoms with E-state index in [1.807, 2.05) is 31.2 Å². The van der Waals surface area contributed by atoms with Gasteiger partial charge < -0.3 is 0 Å². The van der Waals surface area contributed by atoms with E-state index >= 15 is 0 Å². The van der Waals surface area contributed by atoms with Crippen LogP contribution < -0.4 is 0 Å². The lowest BCUT2D eigenvalue weighted by Crippen LogP contribution is -1.85. The lowest BCUT2D eigenvalue weighted by molar-refractivity contribution is 0.112. The molecule has 0 aromatic heterocycles. The Morgan fingerprint density at radius 1 is 1.12 bits per heavy atom. The van der Waals surface area contributed by atoms with Gasteiger partial charge in [0.2, 0.25) is 0 Å². The maximum absolute atomic E-state index is 13.2. The summed E-state index contributed by atoms with van der Waals surface area (Å²) in [6.07, 6.45) is 0.656. The van der Waals surface area contributed by atoms with Gasteiger partial charge in [-0.1, -0.05) is 29.5 Å². The number of aryl methyl sites for hydroxylation is 1. The van der Waals surface area contributed by atoms with E-state index in [2.05, 4.69) is 0 Å². The van der Waals surface area contributed by atoms with E-state index < -0.39 is 0 Å². The maximum Gasteiger partial charge on any atom is 0.150 e. The average Bonchev–Trinajstić information content (AvgIpc) is 2.28. The first-order valence-electron chi connectivity index (χ1n) is 5.18. The highest BCUT2D eigenvalue weighted by Gasteiger charge is 2.02. The molecule has 2 aromatic carbocycles. The normalized spacial score (nSPS) is 10.2. The van der Waals surface area contributed by atoms with Crippen LogP contribution in [0.2, 0.25) is 0 Å². The summed E-state index contributed by atoms with van der Waals surface area (Å²) >= 11 is 1.45. The molecule has 0 aliphatic rings. The van der Waals surface area contributed by atoms with Crippen molar-refractivity contribution >= 4 is 18.0 Å². The monoisotopic (exact) mass is 246 g/mol. The van der Waals surface area contributed by atoms with Gasteiger partial charge >= 0.3 is 0 Å². The highest BCUT2D eigenvalue weighted by molar-refractivity contribution is 7.99. The van der Waals surface area contributed by atoms with Gasteiger partial charge in [0, 0.05) is 15.4 Å². The Hall–Kier alpha value is -1.61. The second-order valence-corrected chi connectivity index (χ2v) is 4.90. The third-order valence-electron chi connectivity index (χ3n) is 2.25. The van der Waals surface area contributed by atoms with E-state index in [-0.39, 0.29) is 5.82 Å². The van der Waals surface area contributed by atoms with Crippen LogP contribution in [0.3, 0.4) is 0 Å². The first-order chi connectivity index (χ1) is 8.17. The first-order valence-corrected chi connectivity index (χ1v) is 5.99. The summed E-state index contributed by atoms with van der Waals surface area (Å²) in [4.78, 5) is 12.4. The molecule has 0 aliphatic heterocycles. The smallest absolute Gasteiger partial charge is 0.150 e.